The van der Waals surface area contributed by atoms with E-state index in [2.05, 4.69) is 15.4 Å². The Morgan fingerprint density at radius 3 is 2.70 bits per heavy atom. The van der Waals surface area contributed by atoms with Crippen LogP contribution in [0.1, 0.15) is 25.7 Å². The number of methoxy groups -OCH3 is 1. The van der Waals surface area contributed by atoms with Crippen LogP contribution in [0.3, 0.4) is 0 Å². The van der Waals surface area contributed by atoms with Gasteiger partial charge in [-0.05, 0) is 51.1 Å². The molecule has 0 saturated heterocycles. The minimum absolute atomic E-state index is 0.00416. The van der Waals surface area contributed by atoms with Crippen LogP contribution in [-0.4, -0.2) is 41.1 Å². The van der Waals surface area contributed by atoms with E-state index in [1.54, 1.807) is 12.1 Å². The zero-order chi connectivity index (χ0) is 16.9. The van der Waals surface area contributed by atoms with E-state index in [1.165, 1.54) is 13.2 Å². The van der Waals surface area contributed by atoms with E-state index in [0.29, 0.717) is 18.5 Å². The lowest BCUT2D eigenvalue weighted by Gasteiger charge is -2.13. The summed E-state index contributed by atoms with van der Waals surface area (Å²) in [7, 11) is -0.412. The lowest BCUT2D eigenvalue weighted by atomic mass is 10.2. The van der Waals surface area contributed by atoms with E-state index in [9.17, 15) is 13.2 Å². The average molecular weight is 341 g/mol. The lowest BCUT2D eigenvalue weighted by Crippen LogP contribution is -2.26. The second-order valence-electron chi connectivity index (χ2n) is 5.52. The first-order valence-electron chi connectivity index (χ1n) is 7.61. The normalized spacial score (nSPS) is 14.5. The van der Waals surface area contributed by atoms with Crippen molar-refractivity contribution in [3.63, 3.8) is 0 Å². The fourth-order valence-corrected chi connectivity index (χ4v) is 3.60. The lowest BCUT2D eigenvalue weighted by molar-refractivity contribution is -0.116. The monoisotopic (exact) mass is 341 g/mol. The summed E-state index contributed by atoms with van der Waals surface area (Å²) in [6.45, 7) is 0.751. The van der Waals surface area contributed by atoms with Crippen LogP contribution >= 0.6 is 0 Å². The molecule has 23 heavy (non-hydrogen) atoms. The summed E-state index contributed by atoms with van der Waals surface area (Å²) in [4.78, 5) is 11.9. The number of rotatable bonds is 9. The standard InChI is InChI=1S/C15H23N3O4S/c1-16-9-3-4-15(19)17-12-7-8-13(22-2)14(10-12)23(20,21)18-11-5-6-11/h7-8,10-11,16,18H,3-6,9H2,1-2H3,(H,17,19). The van der Waals surface area contributed by atoms with Gasteiger partial charge < -0.3 is 15.4 Å². The molecule has 1 amide bonds. The van der Waals surface area contributed by atoms with Gasteiger partial charge in [-0.25, -0.2) is 13.1 Å². The summed E-state index contributed by atoms with van der Waals surface area (Å²) < 4.78 is 32.5. The first kappa shape index (κ1) is 17.7. The molecule has 0 atom stereocenters. The van der Waals surface area contributed by atoms with Crippen LogP contribution in [-0.2, 0) is 14.8 Å². The SMILES string of the molecule is CNCCCC(=O)Nc1ccc(OC)c(S(=O)(=O)NC2CC2)c1. The number of ether oxygens (including phenoxy) is 1. The van der Waals surface area contributed by atoms with Crippen LogP contribution in [0.25, 0.3) is 0 Å². The number of benzene rings is 1. The van der Waals surface area contributed by atoms with Crippen molar-refractivity contribution in [3.8, 4) is 5.75 Å². The second kappa shape index (κ2) is 7.76. The Morgan fingerprint density at radius 2 is 2.09 bits per heavy atom. The molecule has 0 aliphatic heterocycles. The van der Waals surface area contributed by atoms with Gasteiger partial charge >= 0.3 is 0 Å². The van der Waals surface area contributed by atoms with Crippen LogP contribution in [0.5, 0.6) is 5.75 Å². The Hall–Kier alpha value is -1.64. The number of carbonyl (C=O) groups is 1. The molecule has 1 aromatic carbocycles. The van der Waals surface area contributed by atoms with Gasteiger partial charge in [0.1, 0.15) is 10.6 Å². The smallest absolute Gasteiger partial charge is 0.244 e. The minimum Gasteiger partial charge on any atom is -0.495 e. The van der Waals surface area contributed by atoms with Crippen molar-refractivity contribution in [2.24, 2.45) is 0 Å². The van der Waals surface area contributed by atoms with Gasteiger partial charge in [-0.15, -0.1) is 0 Å². The number of anilines is 1. The number of nitrogens with one attached hydrogen (secondary N) is 3. The predicted molar refractivity (Wildman–Crippen MR) is 88.1 cm³/mol. The van der Waals surface area contributed by atoms with Gasteiger partial charge in [0.15, 0.2) is 0 Å². The molecule has 0 radical (unpaired) electrons. The third kappa shape index (κ3) is 5.19. The maximum absolute atomic E-state index is 12.4. The predicted octanol–water partition coefficient (Wildman–Crippen LogP) is 1.07. The van der Waals surface area contributed by atoms with E-state index < -0.39 is 10.0 Å². The molecule has 1 aliphatic rings. The third-order valence-electron chi connectivity index (χ3n) is 3.47. The number of sulfonamides is 1. The molecule has 0 aromatic heterocycles. The maximum Gasteiger partial charge on any atom is 0.244 e. The molecule has 128 valence electrons. The number of amides is 1. The topological polar surface area (TPSA) is 96.5 Å². The minimum atomic E-state index is -3.66. The van der Waals surface area contributed by atoms with E-state index in [-0.39, 0.29) is 22.6 Å². The van der Waals surface area contributed by atoms with E-state index in [1.807, 2.05) is 7.05 Å². The molecule has 1 aliphatic carbocycles. The van der Waals surface area contributed by atoms with Crippen molar-refractivity contribution in [1.29, 1.82) is 0 Å². The maximum atomic E-state index is 12.4. The van der Waals surface area contributed by atoms with Crippen molar-refractivity contribution in [2.75, 3.05) is 26.0 Å². The van der Waals surface area contributed by atoms with E-state index in [0.717, 1.165) is 19.4 Å². The third-order valence-corrected chi connectivity index (χ3v) is 5.01. The summed E-state index contributed by atoms with van der Waals surface area (Å²) >= 11 is 0. The first-order chi connectivity index (χ1) is 11.0. The fourth-order valence-electron chi connectivity index (χ4n) is 2.10. The molecular weight excluding hydrogens is 318 g/mol. The van der Waals surface area contributed by atoms with E-state index in [4.69, 9.17) is 4.74 Å². The van der Waals surface area contributed by atoms with Gasteiger partial charge in [0.2, 0.25) is 15.9 Å². The molecule has 0 heterocycles. The highest BCUT2D eigenvalue weighted by molar-refractivity contribution is 7.89. The summed E-state index contributed by atoms with van der Waals surface area (Å²) in [5, 5.41) is 5.69. The number of hydrogen-bond donors (Lipinski definition) is 3. The van der Waals surface area contributed by atoms with Crippen molar-refractivity contribution in [3.05, 3.63) is 18.2 Å². The molecular formula is C15H23N3O4S. The van der Waals surface area contributed by atoms with Gasteiger partial charge in [-0.1, -0.05) is 0 Å². The van der Waals surface area contributed by atoms with Crippen LogP contribution < -0.4 is 20.1 Å². The van der Waals surface area contributed by atoms with Gasteiger partial charge in [-0.3, -0.25) is 4.79 Å². The van der Waals surface area contributed by atoms with Crippen molar-refractivity contribution in [1.82, 2.24) is 10.0 Å². The van der Waals surface area contributed by atoms with Crippen LogP contribution in [0, 0.1) is 0 Å². The van der Waals surface area contributed by atoms with Crippen LogP contribution in [0.15, 0.2) is 23.1 Å². The second-order valence-corrected chi connectivity index (χ2v) is 7.20. The summed E-state index contributed by atoms with van der Waals surface area (Å²) in [6.07, 6.45) is 2.79. The largest absolute Gasteiger partial charge is 0.495 e. The van der Waals surface area contributed by atoms with Gasteiger partial charge in [0, 0.05) is 18.2 Å². The van der Waals surface area contributed by atoms with Crippen LogP contribution in [0.4, 0.5) is 5.69 Å². The molecule has 1 saturated carbocycles. The van der Waals surface area contributed by atoms with E-state index >= 15 is 0 Å². The molecule has 0 unspecified atom stereocenters. The fraction of sp³-hybridized carbons (Fsp3) is 0.533. The number of carbonyl (C=O) groups excluding carboxylic acids is 1. The first-order valence-corrected chi connectivity index (χ1v) is 9.09. The van der Waals surface area contributed by atoms with Gasteiger partial charge in [-0.2, -0.15) is 0 Å². The molecule has 1 fully saturated rings. The zero-order valence-corrected chi connectivity index (χ0v) is 14.2. The zero-order valence-electron chi connectivity index (χ0n) is 13.4. The molecule has 0 bridgehead atoms. The Labute approximate surface area is 136 Å². The highest BCUT2D eigenvalue weighted by Gasteiger charge is 2.30. The molecule has 2 rings (SSSR count). The molecule has 3 N–H and O–H groups in total. The summed E-state index contributed by atoms with van der Waals surface area (Å²) in [5.41, 5.74) is 0.441. The van der Waals surface area contributed by atoms with Crippen molar-refractivity contribution >= 4 is 21.6 Å². The Morgan fingerprint density at radius 1 is 1.35 bits per heavy atom. The highest BCUT2D eigenvalue weighted by atomic mass is 32.2. The number of hydrogen-bond acceptors (Lipinski definition) is 5. The van der Waals surface area contributed by atoms with Crippen molar-refractivity contribution in [2.45, 2.75) is 36.6 Å². The average Bonchev–Trinajstić information content (AvgIpc) is 3.30. The van der Waals surface area contributed by atoms with Crippen LogP contribution in [0.2, 0.25) is 0 Å². The molecule has 1 aromatic rings. The molecule has 7 nitrogen and oxygen atoms in total. The van der Waals surface area contributed by atoms with Gasteiger partial charge in [0.25, 0.3) is 0 Å². The quantitative estimate of drug-likeness (QED) is 0.584. The Bertz CT molecular complexity index is 657. The molecule has 0 spiro atoms. The molecule has 8 heteroatoms. The van der Waals surface area contributed by atoms with Gasteiger partial charge in [0.05, 0.1) is 7.11 Å². The summed E-state index contributed by atoms with van der Waals surface area (Å²) in [6, 6.07) is 4.61. The Balaban J connectivity index is 2.13. The van der Waals surface area contributed by atoms with Crippen molar-refractivity contribution < 1.29 is 17.9 Å². The summed E-state index contributed by atoms with van der Waals surface area (Å²) in [5.74, 6) is 0.107. The Kier molecular flexibility index (Phi) is 5.97. The highest BCUT2D eigenvalue weighted by Crippen LogP contribution is 2.29.